The summed E-state index contributed by atoms with van der Waals surface area (Å²) in [6, 6.07) is 5.01. The van der Waals surface area contributed by atoms with Crippen molar-refractivity contribution in [3.05, 3.63) is 45.7 Å². The maximum atomic E-state index is 12.5. The zero-order chi connectivity index (χ0) is 22.1. The molecule has 2 aromatic rings. The van der Waals surface area contributed by atoms with Gasteiger partial charge in [-0.1, -0.05) is 20.8 Å². The summed E-state index contributed by atoms with van der Waals surface area (Å²) >= 11 is 0. The van der Waals surface area contributed by atoms with Gasteiger partial charge in [-0.2, -0.15) is 0 Å². The van der Waals surface area contributed by atoms with Gasteiger partial charge in [-0.15, -0.1) is 0 Å². The second kappa shape index (κ2) is 8.52. The minimum Gasteiger partial charge on any atom is -0.493 e. The van der Waals surface area contributed by atoms with E-state index in [1.165, 1.54) is 12.3 Å². The van der Waals surface area contributed by atoms with Crippen LogP contribution in [0, 0.1) is 12.3 Å². The molecule has 0 amide bonds. The molecule has 30 heavy (non-hydrogen) atoms. The largest absolute Gasteiger partial charge is 0.493 e. The highest BCUT2D eigenvalue weighted by molar-refractivity contribution is 5.87. The predicted octanol–water partition coefficient (Wildman–Crippen LogP) is 3.92. The summed E-state index contributed by atoms with van der Waals surface area (Å²) in [6.07, 6.45) is 2.22. The molecule has 0 spiro atoms. The molecule has 1 aliphatic rings. The zero-order valence-electron chi connectivity index (χ0n) is 18.2. The van der Waals surface area contributed by atoms with E-state index in [0.717, 1.165) is 23.3 Å². The summed E-state index contributed by atoms with van der Waals surface area (Å²) in [5, 5.41) is 9.45. The van der Waals surface area contributed by atoms with Gasteiger partial charge in [-0.3, -0.25) is 4.79 Å². The van der Waals surface area contributed by atoms with Crippen molar-refractivity contribution in [1.29, 1.82) is 0 Å². The van der Waals surface area contributed by atoms with E-state index in [1.807, 2.05) is 23.6 Å². The first-order valence-corrected chi connectivity index (χ1v) is 10.0. The second-order valence-corrected chi connectivity index (χ2v) is 8.65. The fourth-order valence-corrected chi connectivity index (χ4v) is 3.63. The summed E-state index contributed by atoms with van der Waals surface area (Å²) in [5.41, 5.74) is 1.31. The van der Waals surface area contributed by atoms with Gasteiger partial charge in [0.1, 0.15) is 23.7 Å². The molecule has 0 unspecified atom stereocenters. The number of nitrogens with zero attached hydrogens (tertiary/aromatic N) is 1. The van der Waals surface area contributed by atoms with Crippen molar-refractivity contribution in [2.24, 2.45) is 5.41 Å². The molecule has 1 aliphatic heterocycles. The Hall–Kier alpha value is -2.80. The number of methoxy groups -OCH3 is 1. The molecule has 0 aliphatic carbocycles. The van der Waals surface area contributed by atoms with Gasteiger partial charge in [0.15, 0.2) is 5.43 Å². The number of ether oxygens (including phenoxy) is 3. The molecule has 7 heteroatoms. The van der Waals surface area contributed by atoms with E-state index in [2.05, 4.69) is 20.8 Å². The molecule has 162 valence electrons. The van der Waals surface area contributed by atoms with E-state index in [-0.39, 0.29) is 17.0 Å². The van der Waals surface area contributed by atoms with Crippen LogP contribution in [0.4, 0.5) is 0 Å². The highest BCUT2D eigenvalue weighted by Crippen LogP contribution is 2.43. The van der Waals surface area contributed by atoms with Crippen molar-refractivity contribution in [1.82, 2.24) is 4.57 Å². The van der Waals surface area contributed by atoms with E-state index >= 15 is 0 Å². The summed E-state index contributed by atoms with van der Waals surface area (Å²) < 4.78 is 19.0. The molecule has 1 N–H and O–H groups in total. The highest BCUT2D eigenvalue weighted by atomic mass is 16.5. The molecule has 0 bridgehead atoms. The molecule has 0 saturated heterocycles. The Balaban J connectivity index is 2.13. The van der Waals surface area contributed by atoms with E-state index in [0.29, 0.717) is 31.3 Å². The molecule has 1 aromatic heterocycles. The number of carbonyl (C=O) groups is 1. The third-order valence-corrected chi connectivity index (χ3v) is 5.35. The summed E-state index contributed by atoms with van der Waals surface area (Å²) in [4.78, 5) is 24.1. The van der Waals surface area contributed by atoms with E-state index < -0.39 is 11.4 Å². The van der Waals surface area contributed by atoms with Crippen LogP contribution in [0.3, 0.4) is 0 Å². The van der Waals surface area contributed by atoms with Gasteiger partial charge in [0.25, 0.3) is 0 Å². The Labute approximate surface area is 176 Å². The molecular formula is C23H29NO6. The Bertz CT molecular complexity index is 1000. The Kier molecular flexibility index (Phi) is 6.22. The Morgan fingerprint density at radius 3 is 2.63 bits per heavy atom. The fourth-order valence-electron chi connectivity index (χ4n) is 3.63. The van der Waals surface area contributed by atoms with Gasteiger partial charge < -0.3 is 23.9 Å². The van der Waals surface area contributed by atoms with E-state index in [1.54, 1.807) is 7.11 Å². The summed E-state index contributed by atoms with van der Waals surface area (Å²) in [5.74, 6) is 0.102. The molecule has 7 nitrogen and oxygen atoms in total. The van der Waals surface area contributed by atoms with Crippen LogP contribution < -0.4 is 14.9 Å². The third-order valence-electron chi connectivity index (χ3n) is 5.35. The van der Waals surface area contributed by atoms with Crippen molar-refractivity contribution < 1.29 is 24.1 Å². The lowest BCUT2D eigenvalue weighted by Crippen LogP contribution is -2.31. The summed E-state index contributed by atoms with van der Waals surface area (Å²) in [6.45, 7) is 9.62. The number of carboxylic acid groups (broad SMARTS) is 1. The number of aromatic carboxylic acids is 1. The van der Waals surface area contributed by atoms with Crippen molar-refractivity contribution >= 4 is 5.97 Å². The molecule has 1 aromatic carbocycles. The van der Waals surface area contributed by atoms with Crippen molar-refractivity contribution in [3.63, 3.8) is 0 Å². The maximum Gasteiger partial charge on any atom is 0.341 e. The number of pyridine rings is 1. The van der Waals surface area contributed by atoms with Crippen LogP contribution in [0.5, 0.6) is 11.5 Å². The first-order valence-electron chi connectivity index (χ1n) is 10.0. The lowest BCUT2D eigenvalue weighted by molar-refractivity contribution is 0.0693. The van der Waals surface area contributed by atoms with Gasteiger partial charge in [0.05, 0.1) is 18.3 Å². The smallest absolute Gasteiger partial charge is 0.341 e. The van der Waals surface area contributed by atoms with Crippen LogP contribution in [0.15, 0.2) is 29.2 Å². The molecule has 0 radical (unpaired) electrons. The van der Waals surface area contributed by atoms with E-state index in [9.17, 15) is 14.7 Å². The topological polar surface area (TPSA) is 87.0 Å². The standard InChI is InChI=1S/C23H29NO6/c1-14-9-15-17-10-18(25)16(22(26)27)12-24(17)21(23(2,3)4)13-30-20(15)11-19(14)29-8-6-7-28-5/h9-12,21H,6-8,13H2,1-5H3,(H,26,27)/t21-/m0/s1. The van der Waals surface area contributed by atoms with Gasteiger partial charge in [0.2, 0.25) is 0 Å². The highest BCUT2D eigenvalue weighted by Gasteiger charge is 2.33. The number of rotatable bonds is 6. The lowest BCUT2D eigenvalue weighted by Gasteiger charge is -2.32. The number of benzene rings is 1. The fraction of sp³-hybridized carbons (Fsp3) is 0.478. The number of aromatic nitrogens is 1. The SMILES string of the molecule is COCCCOc1cc2c(cc1C)-c1cc(=O)c(C(=O)O)cn1[C@H](C(C)(C)C)CO2. The van der Waals surface area contributed by atoms with Gasteiger partial charge in [-0.25, -0.2) is 4.79 Å². The molecule has 1 atom stereocenters. The molecule has 0 fully saturated rings. The number of fused-ring (bicyclic) bond motifs is 3. The number of carboxylic acids is 1. The average Bonchev–Trinajstić information content (AvgIpc) is 2.81. The quantitative estimate of drug-likeness (QED) is 0.720. The predicted molar refractivity (Wildman–Crippen MR) is 114 cm³/mol. The normalized spacial score (nSPS) is 15.6. The monoisotopic (exact) mass is 415 g/mol. The van der Waals surface area contributed by atoms with Crippen molar-refractivity contribution in [3.8, 4) is 22.8 Å². The Morgan fingerprint density at radius 2 is 2.00 bits per heavy atom. The van der Waals surface area contributed by atoms with Gasteiger partial charge in [-0.05, 0) is 24.0 Å². The Morgan fingerprint density at radius 1 is 1.27 bits per heavy atom. The average molecular weight is 415 g/mol. The zero-order valence-corrected chi connectivity index (χ0v) is 18.2. The van der Waals surface area contributed by atoms with Gasteiger partial charge in [0, 0.05) is 44.0 Å². The maximum absolute atomic E-state index is 12.5. The van der Waals surface area contributed by atoms with Crippen LogP contribution >= 0.6 is 0 Å². The van der Waals surface area contributed by atoms with Crippen LogP contribution in [-0.4, -0.2) is 42.6 Å². The number of aryl methyl sites for hydroxylation is 1. The number of hydrogen-bond donors (Lipinski definition) is 1. The summed E-state index contributed by atoms with van der Waals surface area (Å²) in [7, 11) is 1.66. The van der Waals surface area contributed by atoms with Gasteiger partial charge >= 0.3 is 5.97 Å². The first-order chi connectivity index (χ1) is 14.1. The van der Waals surface area contributed by atoms with Crippen molar-refractivity contribution in [2.75, 3.05) is 26.9 Å². The van der Waals surface area contributed by atoms with Crippen LogP contribution in [-0.2, 0) is 4.74 Å². The van der Waals surface area contributed by atoms with Crippen LogP contribution in [0.1, 0.15) is 49.2 Å². The minimum atomic E-state index is -1.23. The molecular weight excluding hydrogens is 386 g/mol. The third kappa shape index (κ3) is 4.36. The molecule has 2 heterocycles. The van der Waals surface area contributed by atoms with Crippen molar-refractivity contribution in [2.45, 2.75) is 40.2 Å². The van der Waals surface area contributed by atoms with E-state index in [4.69, 9.17) is 14.2 Å². The minimum absolute atomic E-state index is 0.162. The van der Waals surface area contributed by atoms with Crippen LogP contribution in [0.25, 0.3) is 11.3 Å². The first kappa shape index (κ1) is 21.9. The van der Waals surface area contributed by atoms with Crippen LogP contribution in [0.2, 0.25) is 0 Å². The molecule has 0 saturated carbocycles. The number of hydrogen-bond acceptors (Lipinski definition) is 5. The lowest BCUT2D eigenvalue weighted by atomic mass is 9.86. The molecule has 3 rings (SSSR count). The second-order valence-electron chi connectivity index (χ2n) is 8.65.